The van der Waals surface area contributed by atoms with Crippen LogP contribution in [0.2, 0.25) is 0 Å². The Kier molecular flexibility index (Phi) is 10.5. The monoisotopic (exact) mass is 866 g/mol. The van der Waals surface area contributed by atoms with Gasteiger partial charge < -0.3 is 20.0 Å². The standard InChI is InChI=1S/C45H50N14O5/c1-26-23-56(38-19-29(11-12-46-38)40-34-20-31(6-5-30(34)22-47-40)48-41(61)36-25-58-45(50-51-52-58)53(4)28(36)3)24-27(2)57(26)18-15-54-13-16-55(17-14-54)32-7-8-33-35(21-32)44(64)59(43(33)63)37-9-10-39(60)49-42(37)62/h5-8,11-12,19-21,26-27,37H,9-10,13-18,22-25H2,1-4H3,(H,48,61)(H,49,60,62)/t26-,27+,37?. The molecule has 8 heterocycles. The van der Waals surface area contributed by atoms with E-state index in [4.69, 9.17) is 9.98 Å². The second-order valence-corrected chi connectivity index (χ2v) is 17.5. The first-order chi connectivity index (χ1) is 30.9. The van der Waals surface area contributed by atoms with Crippen LogP contribution in [0.15, 0.2) is 71.0 Å². The normalized spacial score (nSPS) is 22.8. The minimum Gasteiger partial charge on any atom is -0.369 e. The number of aliphatic imine (C=N–C) groups is 1. The van der Waals surface area contributed by atoms with Crippen molar-refractivity contribution in [1.29, 1.82) is 0 Å². The number of benzene rings is 2. The van der Waals surface area contributed by atoms with Gasteiger partial charge in [-0.1, -0.05) is 11.2 Å². The van der Waals surface area contributed by atoms with E-state index in [1.165, 1.54) is 0 Å². The number of fused-ring (bicyclic) bond motifs is 3. The van der Waals surface area contributed by atoms with E-state index in [1.807, 2.05) is 55.4 Å². The summed E-state index contributed by atoms with van der Waals surface area (Å²) in [5, 5.41) is 17.2. The maximum absolute atomic E-state index is 13.5. The summed E-state index contributed by atoms with van der Waals surface area (Å²) in [7, 11) is 1.85. The van der Waals surface area contributed by atoms with Crippen LogP contribution < -0.4 is 25.3 Å². The molecule has 3 atom stereocenters. The number of tetrazole rings is 1. The summed E-state index contributed by atoms with van der Waals surface area (Å²) in [4.78, 5) is 86.6. The highest BCUT2D eigenvalue weighted by atomic mass is 16.2. The lowest BCUT2D eigenvalue weighted by atomic mass is 9.99. The van der Waals surface area contributed by atoms with Crippen molar-refractivity contribution >= 4 is 58.4 Å². The van der Waals surface area contributed by atoms with Crippen molar-refractivity contribution in [2.75, 3.05) is 79.4 Å². The summed E-state index contributed by atoms with van der Waals surface area (Å²) in [5.41, 5.74) is 7.52. The van der Waals surface area contributed by atoms with Crippen LogP contribution in [-0.4, -0.2) is 153 Å². The fraction of sp³-hybridized carbons (Fsp3) is 0.422. The van der Waals surface area contributed by atoms with Crippen LogP contribution in [0, 0.1) is 0 Å². The van der Waals surface area contributed by atoms with Gasteiger partial charge in [0.25, 0.3) is 17.7 Å². The van der Waals surface area contributed by atoms with Crippen LogP contribution in [0.3, 0.4) is 0 Å². The van der Waals surface area contributed by atoms with E-state index in [0.29, 0.717) is 47.0 Å². The maximum Gasteiger partial charge on any atom is 0.262 e. The van der Waals surface area contributed by atoms with Gasteiger partial charge >= 0.3 is 0 Å². The highest BCUT2D eigenvalue weighted by Gasteiger charge is 2.45. The lowest BCUT2D eigenvalue weighted by molar-refractivity contribution is -0.136. The zero-order valence-corrected chi connectivity index (χ0v) is 36.3. The van der Waals surface area contributed by atoms with Gasteiger partial charge in [0.05, 0.1) is 35.5 Å². The summed E-state index contributed by atoms with van der Waals surface area (Å²) in [6.45, 7) is 14.2. The first-order valence-corrected chi connectivity index (χ1v) is 21.9. The van der Waals surface area contributed by atoms with Crippen LogP contribution in [0.25, 0.3) is 0 Å². The number of amides is 5. The number of allylic oxidation sites excluding steroid dienone is 1. The predicted octanol–water partition coefficient (Wildman–Crippen LogP) is 1.90. The summed E-state index contributed by atoms with van der Waals surface area (Å²) >= 11 is 0. The fourth-order valence-corrected chi connectivity index (χ4v) is 9.98. The minimum atomic E-state index is -0.980. The Morgan fingerprint density at radius 2 is 1.66 bits per heavy atom. The van der Waals surface area contributed by atoms with Crippen molar-refractivity contribution in [2.45, 2.75) is 64.8 Å². The Morgan fingerprint density at radius 3 is 2.44 bits per heavy atom. The van der Waals surface area contributed by atoms with Crippen molar-refractivity contribution < 1.29 is 24.0 Å². The van der Waals surface area contributed by atoms with Gasteiger partial charge in [-0.05, 0) is 85.6 Å². The summed E-state index contributed by atoms with van der Waals surface area (Å²) in [6, 6.07) is 15.0. The molecule has 2 N–H and O–H groups in total. The van der Waals surface area contributed by atoms with Crippen LogP contribution in [0.4, 0.5) is 23.1 Å². The van der Waals surface area contributed by atoms with Crippen molar-refractivity contribution in [3.05, 3.63) is 93.8 Å². The molecule has 2 aromatic heterocycles. The number of piperidine rings is 1. The highest BCUT2D eigenvalue weighted by molar-refractivity contribution is 6.24. The van der Waals surface area contributed by atoms with Crippen LogP contribution >= 0.6 is 0 Å². The average molecular weight is 867 g/mol. The number of hydrogen-bond donors (Lipinski definition) is 2. The molecular weight excluding hydrogens is 817 g/mol. The van der Waals surface area contributed by atoms with E-state index < -0.39 is 29.7 Å². The number of pyridine rings is 1. The van der Waals surface area contributed by atoms with Gasteiger partial charge in [-0.25, -0.2) is 9.67 Å². The van der Waals surface area contributed by atoms with Gasteiger partial charge in [0.2, 0.25) is 17.8 Å². The van der Waals surface area contributed by atoms with Gasteiger partial charge in [0, 0.05) is 112 Å². The number of nitrogens with one attached hydrogen (secondary N) is 2. The topological polar surface area (TPSA) is 198 Å². The molecule has 0 saturated carbocycles. The molecule has 10 rings (SSSR count). The number of anilines is 4. The predicted molar refractivity (Wildman–Crippen MR) is 237 cm³/mol. The molecule has 1 unspecified atom stereocenters. The SMILES string of the molecule is CC1=C(C(=O)Nc2ccc3c(c2)C(c2ccnc(N4C[C@@H](C)N(CCN5CCN(c6ccc7c(c6)C(=O)N(C6CCC(=O)NC6=O)C7=O)CC5)[C@@H](C)C4)c2)=NC3)Cn2nnnc2N1C. The first kappa shape index (κ1) is 41.2. The largest absolute Gasteiger partial charge is 0.369 e. The molecule has 0 bridgehead atoms. The Hall–Kier alpha value is -6.86. The molecule has 3 saturated heterocycles. The number of carbonyl (C=O) groups excluding carboxylic acids is 5. The Bertz CT molecular complexity index is 2660. The van der Waals surface area contributed by atoms with Crippen LogP contribution in [0.1, 0.15) is 71.0 Å². The molecule has 64 heavy (non-hydrogen) atoms. The number of carbonyl (C=O) groups is 5. The van der Waals surface area contributed by atoms with Crippen molar-refractivity contribution in [1.82, 2.24) is 45.2 Å². The molecule has 0 spiro atoms. The Labute approximate surface area is 369 Å². The molecule has 5 amide bonds. The minimum absolute atomic E-state index is 0.0880. The van der Waals surface area contributed by atoms with E-state index in [0.717, 1.165) is 96.9 Å². The zero-order chi connectivity index (χ0) is 44.4. The molecule has 6 aliphatic heterocycles. The molecule has 0 aliphatic carbocycles. The number of rotatable bonds is 9. The molecule has 0 radical (unpaired) electrons. The van der Waals surface area contributed by atoms with Crippen molar-refractivity contribution in [3.63, 3.8) is 0 Å². The van der Waals surface area contributed by atoms with Crippen molar-refractivity contribution in [2.24, 2.45) is 4.99 Å². The second kappa shape index (κ2) is 16.4. The van der Waals surface area contributed by atoms with Gasteiger partial charge in [-0.15, -0.1) is 0 Å². The molecular formula is C45H50N14O5. The lowest BCUT2D eigenvalue weighted by Gasteiger charge is -2.46. The van der Waals surface area contributed by atoms with E-state index in [1.54, 1.807) is 16.8 Å². The molecule has 19 nitrogen and oxygen atoms in total. The number of aromatic nitrogens is 5. The molecule has 3 fully saturated rings. The third-order valence-corrected chi connectivity index (χ3v) is 13.6. The number of imide groups is 2. The third kappa shape index (κ3) is 7.36. The maximum atomic E-state index is 13.5. The first-order valence-electron chi connectivity index (χ1n) is 21.9. The van der Waals surface area contributed by atoms with Crippen molar-refractivity contribution in [3.8, 4) is 0 Å². The van der Waals surface area contributed by atoms with E-state index >= 15 is 0 Å². The summed E-state index contributed by atoms with van der Waals surface area (Å²) < 4.78 is 1.61. The van der Waals surface area contributed by atoms with E-state index in [-0.39, 0.29) is 25.3 Å². The molecule has 2 aromatic carbocycles. The van der Waals surface area contributed by atoms with Crippen LogP contribution in [-0.2, 0) is 27.5 Å². The third-order valence-electron chi connectivity index (χ3n) is 13.6. The molecule has 19 heteroatoms. The molecule has 6 aliphatic rings. The summed E-state index contributed by atoms with van der Waals surface area (Å²) in [6.07, 6.45) is 2.08. The molecule has 330 valence electrons. The van der Waals surface area contributed by atoms with Gasteiger partial charge in [-0.2, -0.15) is 0 Å². The van der Waals surface area contributed by atoms with E-state index in [9.17, 15) is 24.0 Å². The average Bonchev–Trinajstić information content (AvgIpc) is 4.01. The van der Waals surface area contributed by atoms with Gasteiger partial charge in [-0.3, -0.25) is 49.0 Å². The number of hydrogen-bond acceptors (Lipinski definition) is 15. The quantitative estimate of drug-likeness (QED) is 0.232. The van der Waals surface area contributed by atoms with E-state index in [2.05, 4.69) is 65.7 Å². The zero-order valence-electron chi connectivity index (χ0n) is 36.3. The highest BCUT2D eigenvalue weighted by Crippen LogP contribution is 2.33. The fourth-order valence-electron chi connectivity index (χ4n) is 9.98. The second-order valence-electron chi connectivity index (χ2n) is 17.5. The van der Waals surface area contributed by atoms with Crippen LogP contribution in [0.5, 0.6) is 0 Å². The van der Waals surface area contributed by atoms with Gasteiger partial charge in [0.15, 0.2) is 0 Å². The number of piperazine rings is 2. The Morgan fingerprint density at radius 1 is 0.875 bits per heavy atom. The summed E-state index contributed by atoms with van der Waals surface area (Å²) in [5.74, 6) is -0.672. The smallest absolute Gasteiger partial charge is 0.262 e. The number of nitrogens with zero attached hydrogens (tertiary/aromatic N) is 12. The molecule has 4 aromatic rings. The lowest BCUT2D eigenvalue weighted by Crippen LogP contribution is -2.59. The Balaban J connectivity index is 0.730. The van der Waals surface area contributed by atoms with Gasteiger partial charge in [0.1, 0.15) is 11.9 Å².